The third-order valence-corrected chi connectivity index (χ3v) is 6.12. The number of esters is 1. The number of hydrogen-bond donors (Lipinski definition) is 1. The summed E-state index contributed by atoms with van der Waals surface area (Å²) in [5, 5.41) is 2.95. The summed E-state index contributed by atoms with van der Waals surface area (Å²) in [6.07, 6.45) is 5.09. The van der Waals surface area contributed by atoms with Crippen molar-refractivity contribution in [3.05, 3.63) is 24.3 Å². The van der Waals surface area contributed by atoms with Crippen LogP contribution in [0.1, 0.15) is 32.1 Å². The van der Waals surface area contributed by atoms with Crippen LogP contribution in [0.15, 0.2) is 24.3 Å². The summed E-state index contributed by atoms with van der Waals surface area (Å²) in [5.41, 5.74) is 0. The summed E-state index contributed by atoms with van der Waals surface area (Å²) in [6, 6.07) is 7.50. The highest BCUT2D eigenvalue weighted by Gasteiger charge is 2.46. The van der Waals surface area contributed by atoms with E-state index in [0.717, 1.165) is 31.4 Å². The smallest absolute Gasteiger partial charge is 0.323 e. The largest absolute Gasteiger partial charge is 0.486 e. The van der Waals surface area contributed by atoms with Gasteiger partial charge in [-0.1, -0.05) is 25.0 Å². The first kappa shape index (κ1) is 19.1. The van der Waals surface area contributed by atoms with Gasteiger partial charge >= 0.3 is 5.97 Å². The van der Waals surface area contributed by atoms with Gasteiger partial charge in [-0.3, -0.25) is 14.5 Å². The van der Waals surface area contributed by atoms with Crippen LogP contribution in [0.25, 0.3) is 0 Å². The first-order chi connectivity index (χ1) is 13.7. The Balaban J connectivity index is 1.33. The van der Waals surface area contributed by atoms with Crippen LogP contribution in [0.5, 0.6) is 11.5 Å². The molecule has 2 aliphatic heterocycles. The van der Waals surface area contributed by atoms with Crippen molar-refractivity contribution >= 4 is 11.9 Å². The molecular weight excluding hydrogens is 360 g/mol. The van der Waals surface area contributed by atoms with Gasteiger partial charge in [0, 0.05) is 6.04 Å². The SMILES string of the molecule is COC(=O)C1CC2CCCCC2N1CC(=O)NCC1COc2ccccc2O1. The Hall–Kier alpha value is -2.28. The number of fused-ring (bicyclic) bond motifs is 2. The number of methoxy groups -OCH3 is 1. The van der Waals surface area contributed by atoms with Crippen LogP contribution in [0.3, 0.4) is 0 Å². The van der Waals surface area contributed by atoms with Crippen molar-refractivity contribution in [3.63, 3.8) is 0 Å². The molecule has 4 atom stereocenters. The van der Waals surface area contributed by atoms with E-state index in [9.17, 15) is 9.59 Å². The number of para-hydroxylation sites is 2. The summed E-state index contributed by atoms with van der Waals surface area (Å²) in [7, 11) is 1.42. The van der Waals surface area contributed by atoms with Crippen molar-refractivity contribution < 1.29 is 23.8 Å². The number of amides is 1. The first-order valence-corrected chi connectivity index (χ1v) is 10.1. The van der Waals surface area contributed by atoms with Crippen molar-refractivity contribution in [2.24, 2.45) is 5.92 Å². The highest BCUT2D eigenvalue weighted by molar-refractivity contribution is 5.81. The molecule has 0 bridgehead atoms. The summed E-state index contributed by atoms with van der Waals surface area (Å²) in [5.74, 6) is 1.58. The molecule has 1 amide bonds. The molecular formula is C21H28N2O5. The summed E-state index contributed by atoms with van der Waals surface area (Å²) < 4.78 is 16.6. The van der Waals surface area contributed by atoms with Gasteiger partial charge < -0.3 is 19.5 Å². The maximum atomic E-state index is 12.6. The zero-order valence-corrected chi connectivity index (χ0v) is 16.3. The number of nitrogens with zero attached hydrogens (tertiary/aromatic N) is 1. The number of benzene rings is 1. The summed E-state index contributed by atoms with van der Waals surface area (Å²) in [4.78, 5) is 26.9. The minimum absolute atomic E-state index is 0.0948. The average Bonchev–Trinajstić information content (AvgIpc) is 3.10. The van der Waals surface area contributed by atoms with Crippen LogP contribution in [-0.4, -0.2) is 61.8 Å². The minimum atomic E-state index is -0.315. The van der Waals surface area contributed by atoms with Crippen molar-refractivity contribution in [3.8, 4) is 11.5 Å². The van der Waals surface area contributed by atoms with Gasteiger partial charge in [-0.15, -0.1) is 0 Å². The number of nitrogens with one attached hydrogen (secondary N) is 1. The van der Waals surface area contributed by atoms with Crippen LogP contribution < -0.4 is 14.8 Å². The number of ether oxygens (including phenoxy) is 3. The lowest BCUT2D eigenvalue weighted by molar-refractivity contribution is -0.146. The van der Waals surface area contributed by atoms with Gasteiger partial charge in [0.25, 0.3) is 0 Å². The maximum Gasteiger partial charge on any atom is 0.323 e. The van der Waals surface area contributed by atoms with Crippen LogP contribution in [-0.2, 0) is 14.3 Å². The predicted octanol–water partition coefficient (Wildman–Crippen LogP) is 1.75. The van der Waals surface area contributed by atoms with E-state index in [1.54, 1.807) is 0 Å². The number of hydrogen-bond acceptors (Lipinski definition) is 6. The quantitative estimate of drug-likeness (QED) is 0.775. The van der Waals surface area contributed by atoms with E-state index < -0.39 is 0 Å². The Kier molecular flexibility index (Phi) is 5.71. The van der Waals surface area contributed by atoms with Gasteiger partial charge in [0.05, 0.1) is 20.2 Å². The van der Waals surface area contributed by atoms with E-state index in [0.29, 0.717) is 30.9 Å². The lowest BCUT2D eigenvalue weighted by Gasteiger charge is -2.33. The third-order valence-electron chi connectivity index (χ3n) is 6.12. The van der Waals surface area contributed by atoms with E-state index in [2.05, 4.69) is 10.2 Å². The molecule has 0 aromatic heterocycles. The van der Waals surface area contributed by atoms with Gasteiger partial charge in [0.2, 0.25) is 5.91 Å². The molecule has 2 fully saturated rings. The van der Waals surface area contributed by atoms with E-state index >= 15 is 0 Å². The molecule has 28 heavy (non-hydrogen) atoms. The van der Waals surface area contributed by atoms with E-state index in [-0.39, 0.29) is 30.6 Å². The molecule has 1 N–H and O–H groups in total. The molecule has 1 aromatic rings. The molecule has 7 nitrogen and oxygen atoms in total. The molecule has 3 aliphatic rings. The van der Waals surface area contributed by atoms with Gasteiger partial charge in [-0.25, -0.2) is 0 Å². The second-order valence-electron chi connectivity index (χ2n) is 7.86. The van der Waals surface area contributed by atoms with E-state index in [4.69, 9.17) is 14.2 Å². The Bertz CT molecular complexity index is 725. The summed E-state index contributed by atoms with van der Waals surface area (Å²) in [6.45, 7) is 0.986. The normalized spacial score (nSPS) is 29.0. The van der Waals surface area contributed by atoms with Crippen molar-refractivity contribution in [2.75, 3.05) is 26.8 Å². The van der Waals surface area contributed by atoms with Crippen LogP contribution in [0.4, 0.5) is 0 Å². The number of carbonyl (C=O) groups is 2. The zero-order chi connectivity index (χ0) is 19.5. The maximum absolute atomic E-state index is 12.6. The number of likely N-dealkylation sites (tertiary alicyclic amines) is 1. The molecule has 7 heteroatoms. The highest BCUT2D eigenvalue weighted by atomic mass is 16.6. The Morgan fingerprint density at radius 1 is 1.21 bits per heavy atom. The van der Waals surface area contributed by atoms with Crippen molar-refractivity contribution in [1.29, 1.82) is 0 Å². The summed E-state index contributed by atoms with van der Waals surface area (Å²) >= 11 is 0. The zero-order valence-electron chi connectivity index (χ0n) is 16.3. The van der Waals surface area contributed by atoms with Gasteiger partial charge in [-0.2, -0.15) is 0 Å². The van der Waals surface area contributed by atoms with Gasteiger partial charge in [0.1, 0.15) is 18.8 Å². The molecule has 4 rings (SSSR count). The Labute approximate surface area is 165 Å². The molecule has 1 saturated carbocycles. The fourth-order valence-electron chi connectivity index (χ4n) is 4.76. The van der Waals surface area contributed by atoms with E-state index in [1.807, 2.05) is 24.3 Å². The Morgan fingerprint density at radius 3 is 2.82 bits per heavy atom. The molecule has 2 heterocycles. The van der Waals surface area contributed by atoms with Crippen molar-refractivity contribution in [1.82, 2.24) is 10.2 Å². The molecule has 152 valence electrons. The molecule has 0 radical (unpaired) electrons. The molecule has 1 aromatic carbocycles. The fourth-order valence-corrected chi connectivity index (χ4v) is 4.76. The first-order valence-electron chi connectivity index (χ1n) is 10.1. The predicted molar refractivity (Wildman–Crippen MR) is 102 cm³/mol. The van der Waals surface area contributed by atoms with Crippen LogP contribution >= 0.6 is 0 Å². The monoisotopic (exact) mass is 388 g/mol. The molecule has 1 aliphatic carbocycles. The number of carbonyl (C=O) groups excluding carboxylic acids is 2. The lowest BCUT2D eigenvalue weighted by Crippen LogP contribution is -2.49. The topological polar surface area (TPSA) is 77.1 Å². The average molecular weight is 388 g/mol. The highest BCUT2D eigenvalue weighted by Crippen LogP contribution is 2.39. The van der Waals surface area contributed by atoms with Gasteiger partial charge in [-0.05, 0) is 37.3 Å². The van der Waals surface area contributed by atoms with Crippen LogP contribution in [0.2, 0.25) is 0 Å². The lowest BCUT2D eigenvalue weighted by atomic mass is 9.85. The number of rotatable bonds is 5. The molecule has 1 saturated heterocycles. The molecule has 0 spiro atoms. The standard InChI is InChI=1S/C21H28N2O5/c1-26-21(25)17-10-14-6-2-3-7-16(14)23(17)12-20(24)22-11-15-13-27-18-8-4-5-9-19(18)28-15/h4-5,8-9,14-17H,2-3,6-7,10-13H2,1H3,(H,22,24). The second-order valence-corrected chi connectivity index (χ2v) is 7.86. The molecule has 4 unspecified atom stereocenters. The van der Waals surface area contributed by atoms with Crippen molar-refractivity contribution in [2.45, 2.75) is 50.3 Å². The Morgan fingerprint density at radius 2 is 2.00 bits per heavy atom. The minimum Gasteiger partial charge on any atom is -0.486 e. The van der Waals surface area contributed by atoms with Gasteiger partial charge in [0.15, 0.2) is 11.5 Å². The van der Waals surface area contributed by atoms with Crippen LogP contribution in [0, 0.1) is 5.92 Å². The van der Waals surface area contributed by atoms with E-state index in [1.165, 1.54) is 13.5 Å². The third kappa shape index (κ3) is 3.94. The second kappa shape index (κ2) is 8.39. The fraction of sp³-hybridized carbons (Fsp3) is 0.619.